The Morgan fingerprint density at radius 3 is 2.35 bits per heavy atom. The van der Waals surface area contributed by atoms with E-state index in [-0.39, 0.29) is 12.5 Å². The number of rotatable bonds is 7. The van der Waals surface area contributed by atoms with Gasteiger partial charge in [0.1, 0.15) is 6.04 Å². The van der Waals surface area contributed by atoms with Crippen LogP contribution in [0, 0.1) is 0 Å². The summed E-state index contributed by atoms with van der Waals surface area (Å²) in [6.07, 6.45) is 2.01. The predicted molar refractivity (Wildman–Crippen MR) is 62.4 cm³/mol. The molecular weight excluding hydrogens is 224 g/mol. The summed E-state index contributed by atoms with van der Waals surface area (Å²) in [4.78, 5) is 34.5. The Kier molecular flexibility index (Phi) is 6.93. The smallest absolute Gasteiger partial charge is 0.326 e. The molecule has 0 saturated heterocycles. The van der Waals surface area contributed by atoms with Crippen LogP contribution in [0.3, 0.4) is 0 Å². The van der Waals surface area contributed by atoms with Gasteiger partial charge in [-0.15, -0.1) is 0 Å². The zero-order chi connectivity index (χ0) is 13.4. The second-order valence-corrected chi connectivity index (χ2v) is 3.98. The topological polar surface area (TPSA) is 86.7 Å². The molecule has 0 aromatic carbocycles. The van der Waals surface area contributed by atoms with Crippen LogP contribution in [0.1, 0.15) is 33.1 Å². The summed E-state index contributed by atoms with van der Waals surface area (Å²) in [5.74, 6) is -1.73. The van der Waals surface area contributed by atoms with E-state index < -0.39 is 17.9 Å². The number of hydrogen-bond acceptors (Lipinski definition) is 3. The molecule has 98 valence electrons. The summed E-state index contributed by atoms with van der Waals surface area (Å²) in [5.41, 5.74) is 0. The molecule has 0 saturated carbocycles. The maximum absolute atomic E-state index is 11.5. The van der Waals surface area contributed by atoms with Crippen LogP contribution < -0.4 is 5.32 Å². The van der Waals surface area contributed by atoms with E-state index in [2.05, 4.69) is 5.32 Å². The Morgan fingerprint density at radius 2 is 1.94 bits per heavy atom. The number of carboxylic acids is 1. The highest BCUT2D eigenvalue weighted by Gasteiger charge is 2.20. The van der Waals surface area contributed by atoms with Gasteiger partial charge in [0.05, 0.1) is 6.54 Å². The molecule has 0 unspecified atom stereocenters. The van der Waals surface area contributed by atoms with Crippen LogP contribution in [-0.4, -0.2) is 47.4 Å². The van der Waals surface area contributed by atoms with E-state index in [1.165, 1.54) is 18.9 Å². The van der Waals surface area contributed by atoms with E-state index in [0.29, 0.717) is 6.42 Å². The lowest BCUT2D eigenvalue weighted by molar-refractivity contribution is -0.142. The molecule has 0 aromatic heterocycles. The fraction of sp³-hybridized carbons (Fsp3) is 0.727. The third kappa shape index (κ3) is 6.55. The van der Waals surface area contributed by atoms with Crippen molar-refractivity contribution >= 4 is 17.8 Å². The van der Waals surface area contributed by atoms with Gasteiger partial charge in [-0.3, -0.25) is 9.59 Å². The molecule has 0 spiro atoms. The fourth-order valence-corrected chi connectivity index (χ4v) is 1.23. The molecule has 0 rings (SSSR count). The molecule has 0 fully saturated rings. The Hall–Kier alpha value is -1.59. The van der Waals surface area contributed by atoms with Gasteiger partial charge in [-0.05, 0) is 6.42 Å². The van der Waals surface area contributed by atoms with Gasteiger partial charge in [0.15, 0.2) is 0 Å². The number of likely N-dealkylation sites (N-methyl/N-ethyl adjacent to an activating group) is 1. The maximum Gasteiger partial charge on any atom is 0.326 e. The second kappa shape index (κ2) is 7.65. The number of hydrogen-bond donors (Lipinski definition) is 2. The Morgan fingerprint density at radius 1 is 1.35 bits per heavy atom. The molecule has 0 aliphatic rings. The van der Waals surface area contributed by atoms with Gasteiger partial charge in [0.25, 0.3) is 0 Å². The number of carbonyl (C=O) groups is 3. The molecule has 17 heavy (non-hydrogen) atoms. The van der Waals surface area contributed by atoms with E-state index in [9.17, 15) is 14.4 Å². The highest BCUT2D eigenvalue weighted by Crippen LogP contribution is 2.01. The molecule has 2 N–H and O–H groups in total. The van der Waals surface area contributed by atoms with Gasteiger partial charge in [0, 0.05) is 14.0 Å². The summed E-state index contributed by atoms with van der Waals surface area (Å²) in [7, 11) is 1.49. The van der Waals surface area contributed by atoms with Gasteiger partial charge < -0.3 is 15.3 Å². The van der Waals surface area contributed by atoms with E-state index in [1.807, 2.05) is 6.92 Å². The molecule has 0 aromatic rings. The van der Waals surface area contributed by atoms with Gasteiger partial charge in [-0.1, -0.05) is 19.8 Å². The average molecular weight is 244 g/mol. The van der Waals surface area contributed by atoms with Crippen LogP contribution in [0.4, 0.5) is 0 Å². The van der Waals surface area contributed by atoms with Crippen molar-refractivity contribution in [2.24, 2.45) is 0 Å². The second-order valence-electron chi connectivity index (χ2n) is 3.98. The van der Waals surface area contributed by atoms with Gasteiger partial charge >= 0.3 is 5.97 Å². The molecule has 1 atom stereocenters. The van der Waals surface area contributed by atoms with Crippen LogP contribution in [-0.2, 0) is 14.4 Å². The van der Waals surface area contributed by atoms with Crippen molar-refractivity contribution in [2.45, 2.75) is 39.2 Å². The van der Waals surface area contributed by atoms with Crippen LogP contribution in [0.2, 0.25) is 0 Å². The summed E-state index contributed by atoms with van der Waals surface area (Å²) < 4.78 is 0. The molecule has 0 radical (unpaired) electrons. The number of carbonyl (C=O) groups excluding carboxylic acids is 2. The Labute approximate surface area is 101 Å². The summed E-state index contributed by atoms with van der Waals surface area (Å²) in [6.45, 7) is 3.18. The van der Waals surface area contributed by atoms with Crippen LogP contribution in [0.5, 0.6) is 0 Å². The number of aliphatic carboxylic acids is 1. The molecule has 0 aliphatic carbocycles. The van der Waals surface area contributed by atoms with Crippen molar-refractivity contribution in [3.8, 4) is 0 Å². The molecule has 2 amide bonds. The molecular formula is C11H20N2O4. The Balaban J connectivity index is 4.21. The minimum atomic E-state index is -1.04. The lowest BCUT2D eigenvalue weighted by Gasteiger charge is -2.18. The van der Waals surface area contributed by atoms with E-state index in [0.717, 1.165) is 12.8 Å². The summed E-state index contributed by atoms with van der Waals surface area (Å²) >= 11 is 0. The summed E-state index contributed by atoms with van der Waals surface area (Å²) in [6, 6.07) is -0.872. The monoisotopic (exact) mass is 244 g/mol. The third-order valence-corrected chi connectivity index (χ3v) is 2.40. The van der Waals surface area contributed by atoms with Gasteiger partial charge in [-0.2, -0.15) is 0 Å². The zero-order valence-electron chi connectivity index (χ0n) is 10.5. The SMILES string of the molecule is CCCC[C@H](NC(=O)CN(C)C(C)=O)C(=O)O. The maximum atomic E-state index is 11.5. The zero-order valence-corrected chi connectivity index (χ0v) is 10.5. The van der Waals surface area contributed by atoms with Crippen LogP contribution in [0.15, 0.2) is 0 Å². The molecule has 6 heteroatoms. The van der Waals surface area contributed by atoms with Crippen molar-refractivity contribution in [1.82, 2.24) is 10.2 Å². The first-order chi connectivity index (χ1) is 7.88. The highest BCUT2D eigenvalue weighted by atomic mass is 16.4. The van der Waals surface area contributed by atoms with E-state index in [1.54, 1.807) is 0 Å². The molecule has 0 aliphatic heterocycles. The number of nitrogens with one attached hydrogen (secondary N) is 1. The molecule has 0 bridgehead atoms. The minimum Gasteiger partial charge on any atom is -0.480 e. The number of nitrogens with zero attached hydrogens (tertiary/aromatic N) is 1. The standard InChI is InChI=1S/C11H20N2O4/c1-4-5-6-9(11(16)17)12-10(15)7-13(3)8(2)14/h9H,4-7H2,1-3H3,(H,12,15)(H,16,17)/t9-/m0/s1. The largest absolute Gasteiger partial charge is 0.480 e. The number of unbranched alkanes of at least 4 members (excludes halogenated alkanes) is 1. The quantitative estimate of drug-likeness (QED) is 0.671. The first kappa shape index (κ1) is 15.4. The van der Waals surface area contributed by atoms with Crippen LogP contribution in [0.25, 0.3) is 0 Å². The van der Waals surface area contributed by atoms with Crippen molar-refractivity contribution in [1.29, 1.82) is 0 Å². The predicted octanol–water partition coefficient (Wildman–Crippen LogP) is 0.224. The average Bonchev–Trinajstić information content (AvgIpc) is 2.23. The Bertz CT molecular complexity index is 291. The third-order valence-electron chi connectivity index (χ3n) is 2.40. The lowest BCUT2D eigenvalue weighted by Crippen LogP contribution is -2.45. The molecule has 0 heterocycles. The highest BCUT2D eigenvalue weighted by molar-refractivity contribution is 5.87. The molecule has 6 nitrogen and oxygen atoms in total. The van der Waals surface area contributed by atoms with Gasteiger partial charge in [-0.25, -0.2) is 4.79 Å². The lowest BCUT2D eigenvalue weighted by atomic mass is 10.1. The number of amides is 2. The van der Waals surface area contributed by atoms with Crippen molar-refractivity contribution < 1.29 is 19.5 Å². The normalized spacial score (nSPS) is 11.7. The first-order valence-electron chi connectivity index (χ1n) is 5.62. The minimum absolute atomic E-state index is 0.120. The van der Waals surface area contributed by atoms with E-state index >= 15 is 0 Å². The summed E-state index contributed by atoms with van der Waals surface area (Å²) in [5, 5.41) is 11.3. The number of carboxylic acid groups (broad SMARTS) is 1. The van der Waals surface area contributed by atoms with Crippen molar-refractivity contribution in [3.63, 3.8) is 0 Å². The van der Waals surface area contributed by atoms with Crippen molar-refractivity contribution in [2.75, 3.05) is 13.6 Å². The van der Waals surface area contributed by atoms with Crippen LogP contribution >= 0.6 is 0 Å². The fourth-order valence-electron chi connectivity index (χ4n) is 1.23. The first-order valence-corrected chi connectivity index (χ1v) is 5.62. The van der Waals surface area contributed by atoms with E-state index in [4.69, 9.17) is 5.11 Å². The van der Waals surface area contributed by atoms with Gasteiger partial charge in [0.2, 0.25) is 11.8 Å². The van der Waals surface area contributed by atoms with Crippen molar-refractivity contribution in [3.05, 3.63) is 0 Å².